The zero-order chi connectivity index (χ0) is 25.4. The molecule has 35 heavy (non-hydrogen) atoms. The summed E-state index contributed by atoms with van der Waals surface area (Å²) in [5, 5.41) is 2.93. The highest BCUT2D eigenvalue weighted by molar-refractivity contribution is 6.39. The molecule has 1 aliphatic heterocycles. The number of carbonyl (C=O) groups is 3. The highest BCUT2D eigenvalue weighted by Gasteiger charge is 2.36. The molecule has 0 radical (unpaired) electrons. The van der Waals surface area contributed by atoms with Crippen LogP contribution in [-0.2, 0) is 9.59 Å². The van der Waals surface area contributed by atoms with Crippen molar-refractivity contribution in [3.63, 3.8) is 0 Å². The van der Waals surface area contributed by atoms with Gasteiger partial charge in [-0.25, -0.2) is 9.69 Å². The second-order valence-electron chi connectivity index (χ2n) is 8.08. The standard InChI is InChI=1S/C26H28Cl2N2O5/c1-3-4-5-6-7-8-13-35-23-21(28)15-17(16-22(23)34-2)14-20-24(31)29-26(33)30(25(20)32)19-11-9-18(27)10-12-19/h9-12,14-16H,3-8,13H2,1-2H3,(H,29,31,33)/b20-14-. The number of methoxy groups -OCH3 is 1. The summed E-state index contributed by atoms with van der Waals surface area (Å²) in [5.41, 5.74) is 0.505. The number of benzene rings is 2. The third-order valence-electron chi connectivity index (χ3n) is 5.49. The molecule has 2 aromatic carbocycles. The lowest BCUT2D eigenvalue weighted by Crippen LogP contribution is -2.54. The number of hydrogen-bond donors (Lipinski definition) is 1. The Morgan fingerprint density at radius 1 is 0.971 bits per heavy atom. The van der Waals surface area contributed by atoms with Crippen LogP contribution in [0.25, 0.3) is 6.08 Å². The fraction of sp³-hybridized carbons (Fsp3) is 0.346. The Morgan fingerprint density at radius 3 is 2.34 bits per heavy atom. The van der Waals surface area contributed by atoms with E-state index >= 15 is 0 Å². The predicted molar refractivity (Wildman–Crippen MR) is 137 cm³/mol. The van der Waals surface area contributed by atoms with Crippen molar-refractivity contribution in [2.75, 3.05) is 18.6 Å². The normalized spacial score (nSPS) is 14.9. The topological polar surface area (TPSA) is 84.9 Å². The maximum absolute atomic E-state index is 13.1. The lowest BCUT2D eigenvalue weighted by molar-refractivity contribution is -0.122. The van der Waals surface area contributed by atoms with Crippen molar-refractivity contribution in [1.29, 1.82) is 0 Å². The molecule has 0 saturated carbocycles. The van der Waals surface area contributed by atoms with E-state index in [9.17, 15) is 14.4 Å². The molecule has 1 fully saturated rings. The largest absolute Gasteiger partial charge is 0.493 e. The van der Waals surface area contributed by atoms with E-state index in [0.717, 1.165) is 17.7 Å². The number of rotatable bonds is 11. The molecule has 0 atom stereocenters. The van der Waals surface area contributed by atoms with Crippen LogP contribution < -0.4 is 19.7 Å². The smallest absolute Gasteiger partial charge is 0.335 e. The minimum Gasteiger partial charge on any atom is -0.493 e. The van der Waals surface area contributed by atoms with Gasteiger partial charge in [-0.3, -0.25) is 14.9 Å². The molecular formula is C26H28Cl2N2O5. The molecule has 1 heterocycles. The van der Waals surface area contributed by atoms with Gasteiger partial charge in [-0.1, -0.05) is 62.2 Å². The lowest BCUT2D eigenvalue weighted by Gasteiger charge is -2.26. The number of imide groups is 2. The van der Waals surface area contributed by atoms with E-state index in [-0.39, 0.29) is 16.3 Å². The Kier molecular flexibility index (Phi) is 9.57. The SMILES string of the molecule is CCCCCCCCOc1c(Cl)cc(/C=C2/C(=O)NC(=O)N(c3ccc(Cl)cc3)C2=O)cc1OC. The summed E-state index contributed by atoms with van der Waals surface area (Å²) in [6.45, 7) is 2.68. The molecule has 0 spiro atoms. The van der Waals surface area contributed by atoms with E-state index in [2.05, 4.69) is 12.2 Å². The Labute approximate surface area is 215 Å². The number of halogens is 2. The van der Waals surface area contributed by atoms with Gasteiger partial charge in [0.1, 0.15) is 5.57 Å². The molecule has 0 unspecified atom stereocenters. The van der Waals surface area contributed by atoms with E-state index in [1.54, 1.807) is 24.3 Å². The van der Waals surface area contributed by atoms with E-state index < -0.39 is 17.8 Å². The number of barbiturate groups is 1. The average molecular weight is 519 g/mol. The number of carbonyl (C=O) groups excluding carboxylic acids is 3. The second kappa shape index (κ2) is 12.6. The molecule has 7 nitrogen and oxygen atoms in total. The molecule has 0 bridgehead atoms. The third kappa shape index (κ3) is 6.77. The van der Waals surface area contributed by atoms with Gasteiger partial charge in [0.15, 0.2) is 11.5 Å². The first-order valence-electron chi connectivity index (χ1n) is 11.5. The highest BCUT2D eigenvalue weighted by Crippen LogP contribution is 2.37. The summed E-state index contributed by atoms with van der Waals surface area (Å²) in [6, 6.07) is 8.49. The Hall–Kier alpha value is -3.03. The van der Waals surface area contributed by atoms with Crippen molar-refractivity contribution < 1.29 is 23.9 Å². The van der Waals surface area contributed by atoms with Gasteiger partial charge in [0, 0.05) is 5.02 Å². The molecular weight excluding hydrogens is 491 g/mol. The van der Waals surface area contributed by atoms with Crippen LogP contribution in [0, 0.1) is 0 Å². The number of amides is 4. The number of unbranched alkanes of at least 4 members (excludes halogenated alkanes) is 5. The minimum absolute atomic E-state index is 0.224. The van der Waals surface area contributed by atoms with Crippen molar-refractivity contribution in [2.45, 2.75) is 45.4 Å². The first-order valence-corrected chi connectivity index (χ1v) is 12.3. The second-order valence-corrected chi connectivity index (χ2v) is 8.93. The van der Waals surface area contributed by atoms with Crippen molar-refractivity contribution in [3.8, 4) is 11.5 Å². The van der Waals surface area contributed by atoms with Crippen LogP contribution in [0.15, 0.2) is 42.0 Å². The monoisotopic (exact) mass is 518 g/mol. The number of nitrogens with zero attached hydrogens (tertiary/aromatic N) is 1. The number of hydrogen-bond acceptors (Lipinski definition) is 5. The molecule has 0 aliphatic carbocycles. The lowest BCUT2D eigenvalue weighted by atomic mass is 10.1. The van der Waals surface area contributed by atoms with Crippen LogP contribution in [0.4, 0.5) is 10.5 Å². The van der Waals surface area contributed by atoms with Gasteiger partial charge in [0.25, 0.3) is 11.8 Å². The zero-order valence-electron chi connectivity index (χ0n) is 19.7. The van der Waals surface area contributed by atoms with E-state index in [1.165, 1.54) is 51.0 Å². The van der Waals surface area contributed by atoms with Gasteiger partial charge in [-0.05, 0) is 54.5 Å². The molecule has 0 aromatic heterocycles. The molecule has 3 rings (SSSR count). The summed E-state index contributed by atoms with van der Waals surface area (Å²) in [4.78, 5) is 38.8. The summed E-state index contributed by atoms with van der Waals surface area (Å²) in [6.07, 6.45) is 8.16. The summed E-state index contributed by atoms with van der Waals surface area (Å²) >= 11 is 12.4. The third-order valence-corrected chi connectivity index (χ3v) is 6.03. The van der Waals surface area contributed by atoms with Gasteiger partial charge < -0.3 is 9.47 Å². The van der Waals surface area contributed by atoms with E-state index in [4.69, 9.17) is 32.7 Å². The average Bonchev–Trinajstić information content (AvgIpc) is 2.83. The number of anilines is 1. The maximum atomic E-state index is 13.1. The summed E-state index contributed by atoms with van der Waals surface area (Å²) in [7, 11) is 1.49. The molecule has 4 amide bonds. The Bertz CT molecular complexity index is 1120. The van der Waals surface area contributed by atoms with Crippen molar-refractivity contribution in [1.82, 2.24) is 5.32 Å². The Balaban J connectivity index is 1.78. The van der Waals surface area contributed by atoms with Crippen LogP contribution in [0.2, 0.25) is 10.0 Å². The predicted octanol–water partition coefficient (Wildman–Crippen LogP) is 6.41. The van der Waals surface area contributed by atoms with Gasteiger partial charge >= 0.3 is 6.03 Å². The Morgan fingerprint density at radius 2 is 1.66 bits per heavy atom. The fourth-order valence-electron chi connectivity index (χ4n) is 3.67. The van der Waals surface area contributed by atoms with Crippen molar-refractivity contribution in [2.24, 2.45) is 0 Å². The van der Waals surface area contributed by atoms with Gasteiger partial charge in [0.2, 0.25) is 0 Å². The minimum atomic E-state index is -0.839. The zero-order valence-corrected chi connectivity index (χ0v) is 21.2. The fourth-order valence-corrected chi connectivity index (χ4v) is 4.07. The van der Waals surface area contributed by atoms with Gasteiger partial charge in [-0.2, -0.15) is 0 Å². The molecule has 186 valence electrons. The molecule has 9 heteroatoms. The summed E-state index contributed by atoms with van der Waals surface area (Å²) < 4.78 is 11.3. The van der Waals surface area contributed by atoms with Crippen LogP contribution in [-0.4, -0.2) is 31.6 Å². The first kappa shape index (κ1) is 26.6. The molecule has 1 N–H and O–H groups in total. The van der Waals surface area contributed by atoms with Crippen LogP contribution in [0.3, 0.4) is 0 Å². The molecule has 1 aliphatic rings. The van der Waals surface area contributed by atoms with Crippen LogP contribution in [0.5, 0.6) is 11.5 Å². The number of ether oxygens (including phenoxy) is 2. The van der Waals surface area contributed by atoms with Crippen LogP contribution >= 0.6 is 23.2 Å². The quantitative estimate of drug-likeness (QED) is 0.211. The number of urea groups is 1. The van der Waals surface area contributed by atoms with E-state index in [0.29, 0.717) is 28.7 Å². The highest BCUT2D eigenvalue weighted by atomic mass is 35.5. The van der Waals surface area contributed by atoms with Crippen molar-refractivity contribution in [3.05, 3.63) is 57.6 Å². The first-order chi connectivity index (χ1) is 16.8. The van der Waals surface area contributed by atoms with Gasteiger partial charge in [0.05, 0.1) is 24.4 Å². The van der Waals surface area contributed by atoms with Crippen LogP contribution in [0.1, 0.15) is 51.0 Å². The van der Waals surface area contributed by atoms with E-state index in [1.807, 2.05) is 0 Å². The molecule has 1 saturated heterocycles. The number of nitrogens with one attached hydrogen (secondary N) is 1. The maximum Gasteiger partial charge on any atom is 0.335 e. The summed E-state index contributed by atoms with van der Waals surface area (Å²) in [5.74, 6) is -0.782. The van der Waals surface area contributed by atoms with Crippen molar-refractivity contribution >= 4 is 52.8 Å². The molecule has 2 aromatic rings. The van der Waals surface area contributed by atoms with Gasteiger partial charge in [-0.15, -0.1) is 0 Å².